The van der Waals surface area contributed by atoms with E-state index >= 15 is 0 Å². The number of likely N-dealkylation sites (N-methyl/N-ethyl adjacent to an activating group) is 1. The Balaban J connectivity index is 1.58. The van der Waals surface area contributed by atoms with E-state index in [9.17, 15) is 9.59 Å². The number of aryl methyl sites for hydroxylation is 1. The summed E-state index contributed by atoms with van der Waals surface area (Å²) >= 11 is 0. The third-order valence-electron chi connectivity index (χ3n) is 5.58. The van der Waals surface area contributed by atoms with Gasteiger partial charge in [-0.2, -0.15) is 0 Å². The summed E-state index contributed by atoms with van der Waals surface area (Å²) in [5.41, 5.74) is 0. The highest BCUT2D eigenvalue weighted by Crippen LogP contribution is 2.17. The van der Waals surface area contributed by atoms with E-state index in [1.807, 2.05) is 30.9 Å². The molecule has 0 bridgehead atoms. The Hall–Kier alpha value is -1.86. The highest BCUT2D eigenvalue weighted by atomic mass is 16.3. The number of furan rings is 1. The molecule has 1 aromatic heterocycles. The molecule has 7 nitrogen and oxygen atoms in total. The lowest BCUT2D eigenvalue weighted by Crippen LogP contribution is -2.56. The van der Waals surface area contributed by atoms with Crippen LogP contribution in [0, 0.1) is 6.92 Å². The van der Waals surface area contributed by atoms with Gasteiger partial charge in [0.05, 0.1) is 19.0 Å². The summed E-state index contributed by atoms with van der Waals surface area (Å²) in [5.74, 6) is 1.69. The van der Waals surface area contributed by atoms with Crippen LogP contribution in [0.1, 0.15) is 37.7 Å². The molecule has 27 heavy (non-hydrogen) atoms. The van der Waals surface area contributed by atoms with Crippen molar-refractivity contribution < 1.29 is 14.0 Å². The van der Waals surface area contributed by atoms with Crippen LogP contribution in [0.4, 0.5) is 0 Å². The van der Waals surface area contributed by atoms with Crippen LogP contribution >= 0.6 is 0 Å². The van der Waals surface area contributed by atoms with E-state index in [0.717, 1.165) is 44.2 Å². The van der Waals surface area contributed by atoms with Crippen LogP contribution in [0.5, 0.6) is 0 Å². The molecule has 1 atom stereocenters. The van der Waals surface area contributed by atoms with E-state index < -0.39 is 6.04 Å². The van der Waals surface area contributed by atoms with Gasteiger partial charge in [0, 0.05) is 32.7 Å². The predicted octanol–water partition coefficient (Wildman–Crippen LogP) is 1.22. The van der Waals surface area contributed by atoms with E-state index in [0.29, 0.717) is 19.6 Å². The lowest BCUT2D eigenvalue weighted by molar-refractivity contribution is -0.139. The summed E-state index contributed by atoms with van der Waals surface area (Å²) < 4.78 is 5.66. The zero-order chi connectivity index (χ0) is 19.2. The fraction of sp³-hybridized carbons (Fsp3) is 0.700. The third kappa shape index (κ3) is 5.32. The normalized spacial score (nSPS) is 21.4. The Kier molecular flexibility index (Phi) is 6.90. The molecule has 0 aromatic carbocycles. The first-order valence-corrected chi connectivity index (χ1v) is 10.1. The van der Waals surface area contributed by atoms with Crippen LogP contribution in [-0.2, 0) is 16.1 Å². The lowest BCUT2D eigenvalue weighted by atomic mass is 10.1. The molecule has 0 spiro atoms. The summed E-state index contributed by atoms with van der Waals surface area (Å²) in [5, 5.41) is 2.90. The van der Waals surface area contributed by atoms with Gasteiger partial charge in [-0.25, -0.2) is 0 Å². The maximum Gasteiger partial charge on any atom is 0.237 e. The van der Waals surface area contributed by atoms with Gasteiger partial charge in [0.15, 0.2) is 0 Å². The molecule has 1 N–H and O–H groups in total. The number of carbonyl (C=O) groups excluding carboxylic acids is 2. The summed E-state index contributed by atoms with van der Waals surface area (Å²) in [6, 6.07) is 3.43. The summed E-state index contributed by atoms with van der Waals surface area (Å²) in [6.07, 6.45) is 2.73. The zero-order valence-electron chi connectivity index (χ0n) is 16.6. The van der Waals surface area contributed by atoms with Crippen molar-refractivity contribution in [3.8, 4) is 0 Å². The van der Waals surface area contributed by atoms with Gasteiger partial charge in [-0.3, -0.25) is 14.5 Å². The molecule has 2 fully saturated rings. The fourth-order valence-electron chi connectivity index (χ4n) is 3.97. The molecule has 0 radical (unpaired) electrons. The van der Waals surface area contributed by atoms with Crippen molar-refractivity contribution in [1.82, 2.24) is 20.0 Å². The van der Waals surface area contributed by atoms with Crippen molar-refractivity contribution in [1.29, 1.82) is 0 Å². The summed E-state index contributed by atoms with van der Waals surface area (Å²) in [7, 11) is 0. The van der Waals surface area contributed by atoms with Gasteiger partial charge in [0.25, 0.3) is 0 Å². The van der Waals surface area contributed by atoms with Crippen molar-refractivity contribution >= 4 is 11.8 Å². The first-order valence-electron chi connectivity index (χ1n) is 10.1. The number of piperazine rings is 1. The predicted molar refractivity (Wildman–Crippen MR) is 103 cm³/mol. The number of likely N-dealkylation sites (tertiary alicyclic amines) is 1. The maximum absolute atomic E-state index is 12.9. The first kappa shape index (κ1) is 19.9. The average molecular weight is 377 g/mol. The zero-order valence-corrected chi connectivity index (χ0v) is 16.6. The number of rotatable bonds is 8. The van der Waals surface area contributed by atoms with Gasteiger partial charge in [0.1, 0.15) is 11.5 Å². The van der Waals surface area contributed by atoms with Crippen LogP contribution in [-0.4, -0.2) is 78.4 Å². The minimum Gasteiger partial charge on any atom is -0.465 e. The Morgan fingerprint density at radius 3 is 2.74 bits per heavy atom. The molecule has 3 rings (SSSR count). The van der Waals surface area contributed by atoms with Gasteiger partial charge in [-0.1, -0.05) is 0 Å². The van der Waals surface area contributed by atoms with Crippen molar-refractivity contribution in [3.05, 3.63) is 23.7 Å². The molecular formula is C20H32N4O3. The van der Waals surface area contributed by atoms with Crippen LogP contribution in [0.3, 0.4) is 0 Å². The van der Waals surface area contributed by atoms with Gasteiger partial charge in [-0.15, -0.1) is 0 Å². The molecule has 2 aliphatic rings. The number of hydrogen-bond donors (Lipinski definition) is 1. The smallest absolute Gasteiger partial charge is 0.237 e. The molecule has 2 amide bonds. The molecule has 3 heterocycles. The van der Waals surface area contributed by atoms with Gasteiger partial charge in [0.2, 0.25) is 11.8 Å². The quantitative estimate of drug-likeness (QED) is 0.739. The van der Waals surface area contributed by atoms with Crippen LogP contribution in [0.2, 0.25) is 0 Å². The second kappa shape index (κ2) is 9.37. The fourth-order valence-corrected chi connectivity index (χ4v) is 3.97. The standard InChI is InChI=1S/C20H32N4O3/c1-3-23(13-12-22-9-4-5-10-22)19(25)14-18-20(26)21-8-11-24(18)15-17-7-6-16(2)27-17/h6-7,18H,3-5,8-15H2,1-2H3,(H,21,26). The van der Waals surface area contributed by atoms with Gasteiger partial charge in [-0.05, 0) is 51.9 Å². The van der Waals surface area contributed by atoms with E-state index in [2.05, 4.69) is 15.1 Å². The molecule has 2 saturated heterocycles. The Labute approximate surface area is 161 Å². The molecular weight excluding hydrogens is 344 g/mol. The van der Waals surface area contributed by atoms with Crippen LogP contribution < -0.4 is 5.32 Å². The molecule has 1 unspecified atom stereocenters. The lowest BCUT2D eigenvalue weighted by Gasteiger charge is -2.35. The number of nitrogens with zero attached hydrogens (tertiary/aromatic N) is 3. The number of hydrogen-bond acceptors (Lipinski definition) is 5. The van der Waals surface area contributed by atoms with E-state index in [1.165, 1.54) is 12.8 Å². The van der Waals surface area contributed by atoms with E-state index in [4.69, 9.17) is 4.42 Å². The second-order valence-corrected chi connectivity index (χ2v) is 7.52. The molecule has 7 heteroatoms. The third-order valence-corrected chi connectivity index (χ3v) is 5.58. The summed E-state index contributed by atoms with van der Waals surface area (Å²) in [4.78, 5) is 31.7. The molecule has 2 aliphatic heterocycles. The van der Waals surface area contributed by atoms with Crippen LogP contribution in [0.25, 0.3) is 0 Å². The molecule has 0 aliphatic carbocycles. The van der Waals surface area contributed by atoms with Crippen molar-refractivity contribution in [2.24, 2.45) is 0 Å². The SMILES string of the molecule is CCN(CCN1CCCC1)C(=O)CC1C(=O)NCCN1Cc1ccc(C)o1. The Morgan fingerprint density at radius 1 is 1.30 bits per heavy atom. The largest absolute Gasteiger partial charge is 0.465 e. The molecule has 0 saturated carbocycles. The highest BCUT2D eigenvalue weighted by Gasteiger charge is 2.33. The maximum atomic E-state index is 12.9. The number of amides is 2. The summed E-state index contributed by atoms with van der Waals surface area (Å²) in [6.45, 7) is 10.4. The second-order valence-electron chi connectivity index (χ2n) is 7.52. The minimum atomic E-state index is -0.433. The van der Waals surface area contributed by atoms with Crippen molar-refractivity contribution in [2.45, 2.75) is 45.7 Å². The number of carbonyl (C=O) groups is 2. The molecule has 150 valence electrons. The van der Waals surface area contributed by atoms with Crippen molar-refractivity contribution in [3.63, 3.8) is 0 Å². The van der Waals surface area contributed by atoms with E-state index in [1.54, 1.807) is 0 Å². The highest BCUT2D eigenvalue weighted by molar-refractivity contribution is 5.88. The Bertz CT molecular complexity index is 639. The number of nitrogens with one attached hydrogen (secondary N) is 1. The topological polar surface area (TPSA) is 69.0 Å². The average Bonchev–Trinajstić information content (AvgIpc) is 3.30. The van der Waals surface area contributed by atoms with Crippen molar-refractivity contribution in [2.75, 3.05) is 45.8 Å². The van der Waals surface area contributed by atoms with Crippen LogP contribution in [0.15, 0.2) is 16.5 Å². The monoisotopic (exact) mass is 376 g/mol. The van der Waals surface area contributed by atoms with Gasteiger partial charge >= 0.3 is 0 Å². The van der Waals surface area contributed by atoms with Gasteiger partial charge < -0.3 is 19.5 Å². The Morgan fingerprint density at radius 2 is 2.07 bits per heavy atom. The minimum absolute atomic E-state index is 0.0550. The molecule has 1 aromatic rings. The van der Waals surface area contributed by atoms with E-state index in [-0.39, 0.29) is 18.2 Å². The first-order chi connectivity index (χ1) is 13.1.